The summed E-state index contributed by atoms with van der Waals surface area (Å²) in [7, 11) is -2.66. The lowest BCUT2D eigenvalue weighted by molar-refractivity contribution is 0.0633. The fourth-order valence-corrected chi connectivity index (χ4v) is 5.04. The van der Waals surface area contributed by atoms with Crippen LogP contribution in [0.2, 0.25) is 0 Å². The van der Waals surface area contributed by atoms with Crippen LogP contribution >= 0.6 is 0 Å². The summed E-state index contributed by atoms with van der Waals surface area (Å²) in [6.07, 6.45) is 0. The topological polar surface area (TPSA) is 27.7 Å². The van der Waals surface area contributed by atoms with Crippen LogP contribution < -0.4 is 0 Å². The number of hydrogen-bond donors (Lipinski definition) is 0. The quantitative estimate of drug-likeness (QED) is 0.681. The van der Waals surface area contributed by atoms with Crippen molar-refractivity contribution in [3.05, 3.63) is 35.4 Å². The summed E-state index contributed by atoms with van der Waals surface area (Å²) < 4.78 is 17.9. The lowest BCUT2D eigenvalue weighted by atomic mass is 10.1. The van der Waals surface area contributed by atoms with Crippen molar-refractivity contribution >= 4 is 8.80 Å². The van der Waals surface area contributed by atoms with Crippen molar-refractivity contribution in [1.29, 1.82) is 0 Å². The smallest absolute Gasteiger partial charge is 0.373 e. The van der Waals surface area contributed by atoms with Gasteiger partial charge in [0.05, 0.1) is 5.54 Å². The lowest BCUT2D eigenvalue weighted by Gasteiger charge is -2.33. The third-order valence-electron chi connectivity index (χ3n) is 3.11. The van der Waals surface area contributed by atoms with Crippen LogP contribution in [-0.2, 0) is 13.3 Å². The average Bonchev–Trinajstić information content (AvgIpc) is 2.38. The zero-order valence-corrected chi connectivity index (χ0v) is 13.7. The third kappa shape index (κ3) is 4.14. The van der Waals surface area contributed by atoms with Gasteiger partial charge in [0.2, 0.25) is 0 Å². The molecular formula is C15H26O3Si. The van der Waals surface area contributed by atoms with Gasteiger partial charge in [0.1, 0.15) is 0 Å². The lowest BCUT2D eigenvalue weighted by Crippen LogP contribution is -2.51. The summed E-state index contributed by atoms with van der Waals surface area (Å²) in [5, 5.41) is 0. The molecule has 0 amide bonds. The fraction of sp³-hybridized carbons (Fsp3) is 0.600. The zero-order chi connectivity index (χ0) is 14.3. The van der Waals surface area contributed by atoms with Gasteiger partial charge in [0.15, 0.2) is 0 Å². The molecule has 0 N–H and O–H groups in total. The molecule has 1 aromatic rings. The largest absolute Gasteiger partial charge is 0.508 e. The number of rotatable bonds is 8. The minimum Gasteiger partial charge on any atom is -0.373 e. The zero-order valence-electron chi connectivity index (χ0n) is 12.7. The molecule has 0 heterocycles. The maximum atomic E-state index is 5.96. The molecule has 0 aliphatic heterocycles. The standard InChI is InChI=1S/C15H26O3Si/c1-6-16-19(17-7-2,18-8-3)14(5)15-11-9-10-13(4)12-15/h9-12,14H,6-8H2,1-5H3. The molecule has 19 heavy (non-hydrogen) atoms. The highest BCUT2D eigenvalue weighted by Gasteiger charge is 2.47. The monoisotopic (exact) mass is 282 g/mol. The van der Waals surface area contributed by atoms with E-state index in [-0.39, 0.29) is 5.54 Å². The van der Waals surface area contributed by atoms with Gasteiger partial charge < -0.3 is 13.3 Å². The van der Waals surface area contributed by atoms with E-state index < -0.39 is 8.80 Å². The highest BCUT2D eigenvalue weighted by atomic mass is 28.4. The highest BCUT2D eigenvalue weighted by Crippen LogP contribution is 2.30. The average molecular weight is 282 g/mol. The van der Waals surface area contributed by atoms with E-state index >= 15 is 0 Å². The predicted octanol–water partition coefficient (Wildman–Crippen LogP) is 3.69. The molecule has 108 valence electrons. The molecule has 0 aliphatic rings. The Bertz CT molecular complexity index is 364. The van der Waals surface area contributed by atoms with E-state index in [9.17, 15) is 0 Å². The van der Waals surface area contributed by atoms with E-state index in [1.807, 2.05) is 20.8 Å². The summed E-state index contributed by atoms with van der Waals surface area (Å²) in [6.45, 7) is 12.0. The third-order valence-corrected chi connectivity index (χ3v) is 6.58. The van der Waals surface area contributed by atoms with Gasteiger partial charge in [-0.3, -0.25) is 0 Å². The summed E-state index contributed by atoms with van der Waals surface area (Å²) in [4.78, 5) is 0. The van der Waals surface area contributed by atoms with Gasteiger partial charge in [-0.25, -0.2) is 0 Å². The van der Waals surface area contributed by atoms with Crippen molar-refractivity contribution in [2.45, 2.75) is 40.2 Å². The van der Waals surface area contributed by atoms with Crippen LogP contribution in [0.5, 0.6) is 0 Å². The van der Waals surface area contributed by atoms with Crippen molar-refractivity contribution in [3.8, 4) is 0 Å². The van der Waals surface area contributed by atoms with E-state index in [1.54, 1.807) is 0 Å². The molecule has 1 aromatic carbocycles. The van der Waals surface area contributed by atoms with Crippen LogP contribution in [0.4, 0.5) is 0 Å². The van der Waals surface area contributed by atoms with E-state index in [1.165, 1.54) is 11.1 Å². The molecular weight excluding hydrogens is 256 g/mol. The Kier molecular flexibility index (Phi) is 6.72. The van der Waals surface area contributed by atoms with Crippen molar-refractivity contribution in [2.24, 2.45) is 0 Å². The van der Waals surface area contributed by atoms with Crippen molar-refractivity contribution in [1.82, 2.24) is 0 Å². The normalized spacial score (nSPS) is 13.5. The van der Waals surface area contributed by atoms with Crippen LogP contribution in [-0.4, -0.2) is 28.6 Å². The molecule has 0 saturated carbocycles. The molecule has 0 spiro atoms. The minimum atomic E-state index is -2.66. The van der Waals surface area contributed by atoms with Crippen molar-refractivity contribution < 1.29 is 13.3 Å². The van der Waals surface area contributed by atoms with Gasteiger partial charge in [-0.05, 0) is 33.3 Å². The number of hydrogen-bond acceptors (Lipinski definition) is 3. The van der Waals surface area contributed by atoms with E-state index in [2.05, 4.69) is 38.1 Å². The van der Waals surface area contributed by atoms with Gasteiger partial charge in [-0.2, -0.15) is 0 Å². The van der Waals surface area contributed by atoms with Crippen LogP contribution in [0.1, 0.15) is 44.4 Å². The maximum Gasteiger partial charge on any atom is 0.508 e. The second-order valence-corrected chi connectivity index (χ2v) is 7.48. The Labute approximate surface area is 118 Å². The molecule has 0 fully saturated rings. The molecule has 1 unspecified atom stereocenters. The number of benzene rings is 1. The summed E-state index contributed by atoms with van der Waals surface area (Å²) in [6, 6.07) is 8.48. The Morgan fingerprint density at radius 3 is 1.95 bits per heavy atom. The van der Waals surface area contributed by atoms with E-state index in [0.717, 1.165) is 0 Å². The Hall–Kier alpha value is -0.683. The van der Waals surface area contributed by atoms with Crippen molar-refractivity contribution in [2.75, 3.05) is 19.8 Å². The molecule has 0 saturated heterocycles. The first-order valence-electron chi connectivity index (χ1n) is 7.08. The Balaban J connectivity index is 3.07. The summed E-state index contributed by atoms with van der Waals surface area (Å²) >= 11 is 0. The molecule has 0 bridgehead atoms. The number of aryl methyl sites for hydroxylation is 1. The Morgan fingerprint density at radius 1 is 1.00 bits per heavy atom. The fourth-order valence-electron chi connectivity index (χ4n) is 2.25. The van der Waals surface area contributed by atoms with Gasteiger partial charge in [-0.15, -0.1) is 0 Å². The van der Waals surface area contributed by atoms with Gasteiger partial charge in [0, 0.05) is 19.8 Å². The molecule has 0 aliphatic carbocycles. The van der Waals surface area contributed by atoms with Crippen molar-refractivity contribution in [3.63, 3.8) is 0 Å². The summed E-state index contributed by atoms with van der Waals surface area (Å²) in [5.74, 6) is 0. The van der Waals surface area contributed by atoms with Gasteiger partial charge in [-0.1, -0.05) is 36.8 Å². The van der Waals surface area contributed by atoms with Gasteiger partial charge in [0.25, 0.3) is 0 Å². The van der Waals surface area contributed by atoms with E-state index in [0.29, 0.717) is 19.8 Å². The second kappa shape index (κ2) is 7.80. The first-order valence-corrected chi connectivity index (χ1v) is 8.88. The predicted molar refractivity (Wildman–Crippen MR) is 80.2 cm³/mol. The van der Waals surface area contributed by atoms with E-state index in [4.69, 9.17) is 13.3 Å². The van der Waals surface area contributed by atoms with Gasteiger partial charge >= 0.3 is 8.80 Å². The minimum absolute atomic E-state index is 0.146. The van der Waals surface area contributed by atoms with Crippen LogP contribution in [0.3, 0.4) is 0 Å². The van der Waals surface area contributed by atoms with Crippen LogP contribution in [0, 0.1) is 6.92 Å². The highest BCUT2D eigenvalue weighted by molar-refractivity contribution is 6.62. The molecule has 1 rings (SSSR count). The van der Waals surface area contributed by atoms with Crippen LogP contribution in [0.25, 0.3) is 0 Å². The first kappa shape index (κ1) is 16.4. The van der Waals surface area contributed by atoms with Crippen LogP contribution in [0.15, 0.2) is 24.3 Å². The second-order valence-electron chi connectivity index (χ2n) is 4.54. The molecule has 0 radical (unpaired) electrons. The molecule has 3 nitrogen and oxygen atoms in total. The Morgan fingerprint density at radius 2 is 1.53 bits per heavy atom. The maximum absolute atomic E-state index is 5.96. The SMILES string of the molecule is CCO[Si](OCC)(OCC)C(C)c1cccc(C)c1. The molecule has 4 heteroatoms. The summed E-state index contributed by atoms with van der Waals surface area (Å²) in [5.41, 5.74) is 2.62. The molecule has 1 atom stereocenters. The first-order chi connectivity index (χ1) is 9.09. The molecule has 0 aromatic heterocycles.